The average molecular weight is 264 g/mol. The van der Waals surface area contributed by atoms with Gasteiger partial charge in [0.1, 0.15) is 0 Å². The van der Waals surface area contributed by atoms with Crippen molar-refractivity contribution in [2.45, 2.75) is 13.8 Å². The van der Waals surface area contributed by atoms with Crippen LogP contribution >= 0.6 is 0 Å². The molecule has 3 heteroatoms. The first-order chi connectivity index (χ1) is 9.75. The van der Waals surface area contributed by atoms with Gasteiger partial charge in [-0.05, 0) is 38.1 Å². The largest absolute Gasteiger partial charge is 0.447 e. The summed E-state index contributed by atoms with van der Waals surface area (Å²) < 4.78 is 7.44. The van der Waals surface area contributed by atoms with Gasteiger partial charge in [-0.3, -0.25) is 0 Å². The summed E-state index contributed by atoms with van der Waals surface area (Å²) in [6, 6.07) is 16.1. The van der Waals surface area contributed by atoms with Crippen LogP contribution in [-0.2, 0) is 0 Å². The van der Waals surface area contributed by atoms with Gasteiger partial charge in [0.25, 0.3) is 0 Å². The fraction of sp³-hybridized carbons (Fsp3) is 0.118. The molecule has 0 radical (unpaired) electrons. The minimum Gasteiger partial charge on any atom is -0.447 e. The van der Waals surface area contributed by atoms with Gasteiger partial charge in [0, 0.05) is 34.9 Å². The summed E-state index contributed by atoms with van der Waals surface area (Å²) in [6.45, 7) is 4.20. The molecule has 20 heavy (non-hydrogen) atoms. The minimum absolute atomic E-state index is 0.620. The summed E-state index contributed by atoms with van der Waals surface area (Å²) in [5.74, 6) is 0.620. The summed E-state index contributed by atoms with van der Waals surface area (Å²) in [5, 5.41) is 0. The summed E-state index contributed by atoms with van der Waals surface area (Å²) >= 11 is 0. The Kier molecular flexibility index (Phi) is 3.25. The van der Waals surface area contributed by atoms with Crippen LogP contribution in [0.5, 0.6) is 0 Å². The van der Waals surface area contributed by atoms with Gasteiger partial charge in [-0.25, -0.2) is 4.99 Å². The second-order valence-corrected chi connectivity index (χ2v) is 4.71. The topological polar surface area (TPSA) is 30.4 Å². The van der Waals surface area contributed by atoms with Gasteiger partial charge in [0.05, 0.1) is 6.26 Å². The molecular formula is C17H16N2O. The highest BCUT2D eigenvalue weighted by Crippen LogP contribution is 2.20. The summed E-state index contributed by atoms with van der Waals surface area (Å²) in [5.41, 5.74) is 4.63. The van der Waals surface area contributed by atoms with Crippen molar-refractivity contribution in [1.82, 2.24) is 4.57 Å². The van der Waals surface area contributed by atoms with Crippen LogP contribution in [0.2, 0.25) is 0 Å². The highest BCUT2D eigenvalue weighted by Gasteiger charge is 2.08. The van der Waals surface area contributed by atoms with E-state index >= 15 is 0 Å². The van der Waals surface area contributed by atoms with Crippen molar-refractivity contribution < 1.29 is 4.42 Å². The molecule has 0 unspecified atom stereocenters. The number of hydrogen-bond donors (Lipinski definition) is 0. The van der Waals surface area contributed by atoms with E-state index in [1.165, 1.54) is 17.1 Å². The van der Waals surface area contributed by atoms with E-state index in [1.54, 1.807) is 6.26 Å². The fourth-order valence-corrected chi connectivity index (χ4v) is 2.37. The molecule has 2 aromatic heterocycles. The number of aliphatic imine (C=N–C) groups is 1. The molecule has 0 saturated heterocycles. The van der Waals surface area contributed by atoms with Gasteiger partial charge in [-0.15, -0.1) is 0 Å². The molecule has 0 aliphatic rings. The molecule has 2 heterocycles. The zero-order chi connectivity index (χ0) is 13.9. The van der Waals surface area contributed by atoms with Crippen LogP contribution in [0.4, 0.5) is 5.88 Å². The SMILES string of the molecule is Cc1cc(C=Nc2ccco2)c(C)n1-c1ccccc1. The number of furan rings is 1. The molecule has 0 aliphatic heterocycles. The molecule has 3 nitrogen and oxygen atoms in total. The van der Waals surface area contributed by atoms with Crippen molar-refractivity contribution in [2.75, 3.05) is 0 Å². The maximum absolute atomic E-state index is 5.21. The van der Waals surface area contributed by atoms with Crippen LogP contribution in [0.3, 0.4) is 0 Å². The first-order valence-electron chi connectivity index (χ1n) is 6.57. The lowest BCUT2D eigenvalue weighted by molar-refractivity contribution is 0.578. The number of hydrogen-bond acceptors (Lipinski definition) is 2. The maximum atomic E-state index is 5.21. The molecule has 0 spiro atoms. The van der Waals surface area contributed by atoms with E-state index in [1.807, 2.05) is 36.5 Å². The van der Waals surface area contributed by atoms with E-state index in [0.717, 1.165) is 5.56 Å². The van der Waals surface area contributed by atoms with Crippen molar-refractivity contribution in [3.05, 3.63) is 71.7 Å². The Labute approximate surface area is 118 Å². The molecule has 3 rings (SSSR count). The molecule has 0 N–H and O–H groups in total. The Morgan fingerprint density at radius 2 is 1.85 bits per heavy atom. The smallest absolute Gasteiger partial charge is 0.218 e. The van der Waals surface area contributed by atoms with E-state index in [-0.39, 0.29) is 0 Å². The summed E-state index contributed by atoms with van der Waals surface area (Å²) in [7, 11) is 0. The lowest BCUT2D eigenvalue weighted by Crippen LogP contribution is -1.98. The number of aromatic nitrogens is 1. The van der Waals surface area contributed by atoms with Gasteiger partial charge in [0.15, 0.2) is 0 Å². The molecule has 3 aromatic rings. The number of rotatable bonds is 3. The minimum atomic E-state index is 0.620. The molecule has 0 bridgehead atoms. The highest BCUT2D eigenvalue weighted by molar-refractivity contribution is 5.83. The second kappa shape index (κ2) is 5.21. The van der Waals surface area contributed by atoms with Crippen molar-refractivity contribution in [2.24, 2.45) is 4.99 Å². The third kappa shape index (κ3) is 2.30. The van der Waals surface area contributed by atoms with E-state index in [9.17, 15) is 0 Å². The van der Waals surface area contributed by atoms with E-state index in [4.69, 9.17) is 4.42 Å². The van der Waals surface area contributed by atoms with Crippen LogP contribution < -0.4 is 0 Å². The van der Waals surface area contributed by atoms with Gasteiger partial charge < -0.3 is 8.98 Å². The lowest BCUT2D eigenvalue weighted by atomic mass is 10.2. The van der Waals surface area contributed by atoms with Gasteiger partial charge in [0.2, 0.25) is 5.88 Å². The second-order valence-electron chi connectivity index (χ2n) is 4.71. The van der Waals surface area contributed by atoms with E-state index in [2.05, 4.69) is 41.6 Å². The van der Waals surface area contributed by atoms with Gasteiger partial charge in [-0.2, -0.15) is 0 Å². The monoisotopic (exact) mass is 264 g/mol. The molecule has 1 aromatic carbocycles. The van der Waals surface area contributed by atoms with E-state index in [0.29, 0.717) is 5.88 Å². The molecule has 0 aliphatic carbocycles. The Morgan fingerprint density at radius 3 is 2.55 bits per heavy atom. The summed E-state index contributed by atoms with van der Waals surface area (Å²) in [6.07, 6.45) is 3.47. The molecule has 0 amide bonds. The molecule has 0 atom stereocenters. The Hall–Kier alpha value is -2.55. The predicted molar refractivity (Wildman–Crippen MR) is 81.2 cm³/mol. The lowest BCUT2D eigenvalue weighted by Gasteiger charge is -2.08. The quantitative estimate of drug-likeness (QED) is 0.643. The maximum Gasteiger partial charge on any atom is 0.218 e. The van der Waals surface area contributed by atoms with Crippen molar-refractivity contribution in [3.8, 4) is 5.69 Å². The first kappa shape index (κ1) is 12.5. The third-order valence-corrected chi connectivity index (χ3v) is 3.32. The zero-order valence-electron chi connectivity index (χ0n) is 11.6. The van der Waals surface area contributed by atoms with Crippen molar-refractivity contribution in [1.29, 1.82) is 0 Å². The standard InChI is InChI=1S/C17H16N2O/c1-13-11-15(12-18-17-9-6-10-20-17)14(2)19(13)16-7-4-3-5-8-16/h3-12H,1-2H3. The third-order valence-electron chi connectivity index (χ3n) is 3.32. The highest BCUT2D eigenvalue weighted by atomic mass is 16.3. The fourth-order valence-electron chi connectivity index (χ4n) is 2.37. The van der Waals surface area contributed by atoms with Crippen molar-refractivity contribution in [3.63, 3.8) is 0 Å². The van der Waals surface area contributed by atoms with Crippen LogP contribution in [0, 0.1) is 13.8 Å². The molecular weight excluding hydrogens is 248 g/mol. The normalized spacial score (nSPS) is 11.3. The predicted octanol–water partition coefficient (Wildman–Crippen LogP) is 4.44. The van der Waals surface area contributed by atoms with Crippen LogP contribution in [0.1, 0.15) is 17.0 Å². The number of aryl methyl sites for hydroxylation is 1. The number of nitrogens with zero attached hydrogens (tertiary/aromatic N) is 2. The van der Waals surface area contributed by atoms with Crippen LogP contribution in [0.15, 0.2) is 64.2 Å². The van der Waals surface area contributed by atoms with Crippen molar-refractivity contribution >= 4 is 12.1 Å². The van der Waals surface area contributed by atoms with Crippen LogP contribution in [-0.4, -0.2) is 10.8 Å². The van der Waals surface area contributed by atoms with Gasteiger partial charge >= 0.3 is 0 Å². The Bertz CT molecular complexity index is 722. The molecule has 100 valence electrons. The first-order valence-corrected chi connectivity index (χ1v) is 6.57. The average Bonchev–Trinajstić information content (AvgIpc) is 3.06. The van der Waals surface area contributed by atoms with E-state index < -0.39 is 0 Å². The summed E-state index contributed by atoms with van der Waals surface area (Å²) in [4.78, 5) is 4.34. The Morgan fingerprint density at radius 1 is 1.05 bits per heavy atom. The van der Waals surface area contributed by atoms with Gasteiger partial charge in [-0.1, -0.05) is 18.2 Å². The molecule has 0 saturated carbocycles. The Balaban J connectivity index is 1.99. The number of benzene rings is 1. The number of para-hydroxylation sites is 1. The van der Waals surface area contributed by atoms with Crippen LogP contribution in [0.25, 0.3) is 5.69 Å². The molecule has 0 fully saturated rings. The zero-order valence-corrected chi connectivity index (χ0v) is 11.6.